The molecule has 0 aromatic heterocycles. The highest BCUT2D eigenvalue weighted by molar-refractivity contribution is 5.90. The van der Waals surface area contributed by atoms with Gasteiger partial charge in [0.15, 0.2) is 0 Å². The lowest BCUT2D eigenvalue weighted by Gasteiger charge is -2.29. The molecule has 0 radical (unpaired) electrons. The van der Waals surface area contributed by atoms with Gasteiger partial charge in [0, 0.05) is 12.7 Å². The van der Waals surface area contributed by atoms with Gasteiger partial charge < -0.3 is 4.90 Å². The second kappa shape index (κ2) is 5.64. The minimum Gasteiger partial charge on any atom is -0.343 e. The van der Waals surface area contributed by atoms with Crippen LogP contribution in [-0.2, 0) is 0 Å². The number of anilines is 2. The summed E-state index contributed by atoms with van der Waals surface area (Å²) in [6, 6.07) is 13.2. The Bertz CT molecular complexity index is 723. The first kappa shape index (κ1) is 14.9. The van der Waals surface area contributed by atoms with Gasteiger partial charge in [-0.1, -0.05) is 70.2 Å². The van der Waals surface area contributed by atoms with E-state index in [0.29, 0.717) is 11.8 Å². The van der Waals surface area contributed by atoms with Crippen LogP contribution in [0.5, 0.6) is 0 Å². The number of nitrogens with zero attached hydrogens (tertiary/aromatic N) is 1. The third-order valence-corrected chi connectivity index (χ3v) is 4.56. The summed E-state index contributed by atoms with van der Waals surface area (Å²) in [5.41, 5.74) is 8.18. The zero-order valence-corrected chi connectivity index (χ0v) is 14.2. The number of hydrogen-bond donors (Lipinski definition) is 0. The van der Waals surface area contributed by atoms with E-state index in [1.165, 1.54) is 33.6 Å². The average Bonchev–Trinajstić information content (AvgIpc) is 2.64. The average molecular weight is 291 g/mol. The van der Waals surface area contributed by atoms with E-state index in [0.717, 1.165) is 0 Å². The minimum atomic E-state index is 0.508. The van der Waals surface area contributed by atoms with E-state index < -0.39 is 0 Å². The quantitative estimate of drug-likeness (QED) is 0.638. The van der Waals surface area contributed by atoms with E-state index in [-0.39, 0.29) is 0 Å². The molecule has 2 aromatic carbocycles. The maximum absolute atomic E-state index is 2.37. The van der Waals surface area contributed by atoms with E-state index in [2.05, 4.69) is 88.2 Å². The number of para-hydroxylation sites is 1. The summed E-state index contributed by atoms with van der Waals surface area (Å²) >= 11 is 0. The fourth-order valence-corrected chi connectivity index (χ4v) is 3.49. The van der Waals surface area contributed by atoms with Crippen molar-refractivity contribution in [1.82, 2.24) is 0 Å². The summed E-state index contributed by atoms with van der Waals surface area (Å²) in [5, 5.41) is 0. The summed E-state index contributed by atoms with van der Waals surface area (Å²) in [4.78, 5) is 2.37. The van der Waals surface area contributed by atoms with Crippen molar-refractivity contribution in [2.45, 2.75) is 39.5 Å². The van der Waals surface area contributed by atoms with Gasteiger partial charge in [0.2, 0.25) is 0 Å². The zero-order valence-electron chi connectivity index (χ0n) is 14.2. The molecule has 22 heavy (non-hydrogen) atoms. The van der Waals surface area contributed by atoms with E-state index >= 15 is 0 Å². The first-order valence-corrected chi connectivity index (χ1v) is 8.18. The first-order chi connectivity index (χ1) is 10.5. The van der Waals surface area contributed by atoms with Crippen LogP contribution in [0.25, 0.3) is 12.2 Å². The van der Waals surface area contributed by atoms with Crippen LogP contribution in [0.3, 0.4) is 0 Å². The molecule has 0 amide bonds. The summed E-state index contributed by atoms with van der Waals surface area (Å²) in [6.07, 6.45) is 4.49. The van der Waals surface area contributed by atoms with Crippen LogP contribution in [-0.4, -0.2) is 7.05 Å². The van der Waals surface area contributed by atoms with Crippen LogP contribution in [0.4, 0.5) is 11.4 Å². The largest absolute Gasteiger partial charge is 0.343 e. The molecule has 0 bridgehead atoms. The maximum Gasteiger partial charge on any atom is 0.0519 e. The van der Waals surface area contributed by atoms with Gasteiger partial charge in [0.1, 0.15) is 0 Å². The fourth-order valence-electron chi connectivity index (χ4n) is 3.49. The summed E-state index contributed by atoms with van der Waals surface area (Å²) < 4.78 is 0. The van der Waals surface area contributed by atoms with Gasteiger partial charge >= 0.3 is 0 Å². The molecule has 0 atom stereocenters. The molecule has 0 saturated carbocycles. The van der Waals surface area contributed by atoms with Crippen molar-refractivity contribution >= 4 is 23.5 Å². The summed E-state index contributed by atoms with van der Waals surface area (Å²) in [6.45, 7) is 9.17. The number of rotatable bonds is 2. The number of benzene rings is 2. The van der Waals surface area contributed by atoms with E-state index in [1.807, 2.05) is 0 Å². The standard InChI is InChI=1S/C21H25N/c1-14(2)18-13-12-17-11-10-16-8-6-7-9-19(16)22(5)21(17)20(18)15(3)4/h6-15H,1-5H3. The Balaban J connectivity index is 2.31. The predicted molar refractivity (Wildman–Crippen MR) is 98.1 cm³/mol. The SMILES string of the molecule is CC(C)c1ccc2c(c1C(C)C)N(C)c1ccccc1C=C2. The van der Waals surface area contributed by atoms with Crippen molar-refractivity contribution in [3.63, 3.8) is 0 Å². The van der Waals surface area contributed by atoms with E-state index in [1.54, 1.807) is 0 Å². The Morgan fingerprint density at radius 2 is 1.45 bits per heavy atom. The molecule has 1 heteroatoms. The lowest BCUT2D eigenvalue weighted by Crippen LogP contribution is -2.16. The summed E-state index contributed by atoms with van der Waals surface area (Å²) in [5.74, 6) is 1.05. The molecule has 1 heterocycles. The minimum absolute atomic E-state index is 0.508. The highest BCUT2D eigenvalue weighted by Gasteiger charge is 2.22. The van der Waals surface area contributed by atoms with Gasteiger partial charge in [-0.3, -0.25) is 0 Å². The molecule has 114 valence electrons. The molecular weight excluding hydrogens is 266 g/mol. The van der Waals surface area contributed by atoms with Crippen LogP contribution in [0.15, 0.2) is 36.4 Å². The van der Waals surface area contributed by atoms with Crippen LogP contribution < -0.4 is 4.90 Å². The topological polar surface area (TPSA) is 3.24 Å². The predicted octanol–water partition coefficient (Wildman–Crippen LogP) is 6.19. The van der Waals surface area contributed by atoms with Gasteiger partial charge in [-0.2, -0.15) is 0 Å². The maximum atomic E-state index is 2.37. The van der Waals surface area contributed by atoms with E-state index in [4.69, 9.17) is 0 Å². The lowest BCUT2D eigenvalue weighted by atomic mass is 9.87. The van der Waals surface area contributed by atoms with Crippen molar-refractivity contribution in [2.75, 3.05) is 11.9 Å². The molecular formula is C21H25N. The molecule has 0 saturated heterocycles. The monoisotopic (exact) mass is 291 g/mol. The van der Waals surface area contributed by atoms with Gasteiger partial charge in [-0.25, -0.2) is 0 Å². The summed E-state index contributed by atoms with van der Waals surface area (Å²) in [7, 11) is 2.20. The number of hydrogen-bond acceptors (Lipinski definition) is 1. The first-order valence-electron chi connectivity index (χ1n) is 8.18. The Morgan fingerprint density at radius 1 is 0.773 bits per heavy atom. The Kier molecular flexibility index (Phi) is 3.82. The molecule has 0 N–H and O–H groups in total. The second-order valence-electron chi connectivity index (χ2n) is 6.77. The molecule has 0 aliphatic carbocycles. The van der Waals surface area contributed by atoms with E-state index in [9.17, 15) is 0 Å². The zero-order chi connectivity index (χ0) is 15.9. The Hall–Kier alpha value is -2.02. The number of fused-ring (bicyclic) bond motifs is 2. The van der Waals surface area contributed by atoms with Crippen LogP contribution in [0, 0.1) is 0 Å². The molecule has 1 aliphatic heterocycles. The Labute approximate surface area is 134 Å². The van der Waals surface area contributed by atoms with Crippen LogP contribution in [0.2, 0.25) is 0 Å². The molecule has 2 aromatic rings. The third kappa shape index (κ3) is 2.35. The Morgan fingerprint density at radius 3 is 2.14 bits per heavy atom. The fraction of sp³-hybridized carbons (Fsp3) is 0.333. The smallest absolute Gasteiger partial charge is 0.0519 e. The highest BCUT2D eigenvalue weighted by Crippen LogP contribution is 2.42. The molecule has 0 spiro atoms. The van der Waals surface area contributed by atoms with Crippen molar-refractivity contribution < 1.29 is 0 Å². The van der Waals surface area contributed by atoms with Crippen molar-refractivity contribution in [1.29, 1.82) is 0 Å². The molecule has 0 unspecified atom stereocenters. The molecule has 3 rings (SSSR count). The van der Waals surface area contributed by atoms with Crippen molar-refractivity contribution in [3.05, 3.63) is 58.7 Å². The molecule has 0 fully saturated rings. The van der Waals surface area contributed by atoms with Gasteiger partial charge in [-0.05, 0) is 40.2 Å². The highest BCUT2D eigenvalue weighted by atomic mass is 15.1. The molecule has 1 aliphatic rings. The van der Waals surface area contributed by atoms with Crippen molar-refractivity contribution in [3.8, 4) is 0 Å². The molecule has 1 nitrogen and oxygen atoms in total. The van der Waals surface area contributed by atoms with Gasteiger partial charge in [0.05, 0.1) is 5.69 Å². The van der Waals surface area contributed by atoms with Gasteiger partial charge in [-0.15, -0.1) is 0 Å². The lowest BCUT2D eigenvalue weighted by molar-refractivity contribution is 0.788. The normalized spacial score (nSPS) is 13.3. The van der Waals surface area contributed by atoms with Crippen LogP contribution >= 0.6 is 0 Å². The van der Waals surface area contributed by atoms with Gasteiger partial charge in [0.25, 0.3) is 0 Å². The van der Waals surface area contributed by atoms with Crippen LogP contribution in [0.1, 0.15) is 61.8 Å². The van der Waals surface area contributed by atoms with Crippen molar-refractivity contribution in [2.24, 2.45) is 0 Å². The third-order valence-electron chi connectivity index (χ3n) is 4.56. The second-order valence-corrected chi connectivity index (χ2v) is 6.77.